The fraction of sp³-hybridized carbons (Fsp3) is 0.562. The van der Waals surface area contributed by atoms with Crippen molar-refractivity contribution in [2.45, 2.75) is 50.7 Å². The Balaban J connectivity index is 1.89. The summed E-state index contributed by atoms with van der Waals surface area (Å²) in [4.78, 5) is 11.9. The number of nitrogens with one attached hydrogen (secondary N) is 1. The Kier molecular flexibility index (Phi) is 3.30. The molecule has 1 saturated heterocycles. The fourth-order valence-corrected chi connectivity index (χ4v) is 3.00. The van der Waals surface area contributed by atoms with Crippen LogP contribution in [0.2, 0.25) is 0 Å². The van der Waals surface area contributed by atoms with Crippen LogP contribution in [0.1, 0.15) is 50.3 Å². The number of hydrogen-bond donors (Lipinski definition) is 2. The van der Waals surface area contributed by atoms with Crippen LogP contribution in [-0.2, 0) is 14.9 Å². The summed E-state index contributed by atoms with van der Waals surface area (Å²) in [6, 6.07) is 5.70. The van der Waals surface area contributed by atoms with Crippen LogP contribution in [0.5, 0.6) is 0 Å². The summed E-state index contributed by atoms with van der Waals surface area (Å²) >= 11 is 0. The minimum Gasteiger partial charge on any atom is -0.386 e. The standard InChI is InChI=1S/C16H21NO3/c1-16(2)11-9-10(6-7-12(11)17-15(16)19)14(18)13-5-3-4-8-20-13/h6-7,9,13-14,18H,3-5,8H2,1-2H3,(H,17,19). The zero-order valence-electron chi connectivity index (χ0n) is 12.0. The first-order valence-corrected chi connectivity index (χ1v) is 7.25. The highest BCUT2D eigenvalue weighted by Crippen LogP contribution is 2.39. The van der Waals surface area contributed by atoms with Gasteiger partial charge < -0.3 is 15.2 Å². The molecule has 2 atom stereocenters. The Hall–Kier alpha value is -1.39. The SMILES string of the molecule is CC1(C)C(=O)Nc2ccc(C(O)C3CCCCO3)cc21. The molecule has 2 heterocycles. The van der Waals surface area contributed by atoms with Gasteiger partial charge in [0.15, 0.2) is 0 Å². The third-order valence-corrected chi connectivity index (χ3v) is 4.44. The molecular weight excluding hydrogens is 254 g/mol. The first-order chi connectivity index (χ1) is 9.50. The average Bonchev–Trinajstić information content (AvgIpc) is 2.69. The lowest BCUT2D eigenvalue weighted by molar-refractivity contribution is -0.119. The lowest BCUT2D eigenvalue weighted by atomic mass is 9.84. The summed E-state index contributed by atoms with van der Waals surface area (Å²) in [6.07, 6.45) is 2.30. The van der Waals surface area contributed by atoms with E-state index in [-0.39, 0.29) is 12.0 Å². The summed E-state index contributed by atoms with van der Waals surface area (Å²) < 4.78 is 5.65. The van der Waals surface area contributed by atoms with E-state index >= 15 is 0 Å². The maximum atomic E-state index is 11.9. The molecule has 2 N–H and O–H groups in total. The van der Waals surface area contributed by atoms with Gasteiger partial charge in [0.2, 0.25) is 5.91 Å². The van der Waals surface area contributed by atoms with E-state index in [9.17, 15) is 9.90 Å². The number of carbonyl (C=O) groups excluding carboxylic acids is 1. The molecule has 1 aromatic rings. The topological polar surface area (TPSA) is 58.6 Å². The third kappa shape index (κ3) is 2.13. The molecule has 0 bridgehead atoms. The number of aliphatic hydroxyl groups excluding tert-OH is 1. The van der Waals surface area contributed by atoms with Crippen LogP contribution in [0.3, 0.4) is 0 Å². The monoisotopic (exact) mass is 275 g/mol. The summed E-state index contributed by atoms with van der Waals surface area (Å²) in [5.74, 6) is 0.00746. The lowest BCUT2D eigenvalue weighted by Crippen LogP contribution is -2.28. The molecule has 4 heteroatoms. The number of benzene rings is 1. The molecule has 1 aromatic carbocycles. The number of aliphatic hydroxyl groups is 1. The van der Waals surface area contributed by atoms with Gasteiger partial charge in [0.05, 0.1) is 11.5 Å². The van der Waals surface area contributed by atoms with Gasteiger partial charge in [0.1, 0.15) is 6.10 Å². The highest BCUT2D eigenvalue weighted by atomic mass is 16.5. The smallest absolute Gasteiger partial charge is 0.234 e. The Morgan fingerprint density at radius 3 is 2.90 bits per heavy atom. The van der Waals surface area contributed by atoms with E-state index in [0.717, 1.165) is 42.7 Å². The quantitative estimate of drug-likeness (QED) is 0.872. The number of fused-ring (bicyclic) bond motifs is 1. The van der Waals surface area contributed by atoms with Crippen LogP contribution in [0.15, 0.2) is 18.2 Å². The Morgan fingerprint density at radius 2 is 2.20 bits per heavy atom. The van der Waals surface area contributed by atoms with Crippen LogP contribution in [0, 0.1) is 0 Å². The van der Waals surface area contributed by atoms with Crippen molar-refractivity contribution in [2.75, 3.05) is 11.9 Å². The summed E-state index contributed by atoms with van der Waals surface area (Å²) in [6.45, 7) is 4.53. The van der Waals surface area contributed by atoms with Crippen molar-refractivity contribution >= 4 is 11.6 Å². The molecule has 2 aliphatic rings. The zero-order chi connectivity index (χ0) is 14.3. The molecule has 1 fully saturated rings. The number of amides is 1. The van der Waals surface area contributed by atoms with Gasteiger partial charge in [-0.1, -0.05) is 6.07 Å². The number of hydrogen-bond acceptors (Lipinski definition) is 3. The molecule has 0 radical (unpaired) electrons. The van der Waals surface area contributed by atoms with Gasteiger partial charge in [-0.3, -0.25) is 4.79 Å². The van der Waals surface area contributed by atoms with E-state index in [0.29, 0.717) is 0 Å². The minimum atomic E-state index is -0.618. The lowest BCUT2D eigenvalue weighted by Gasteiger charge is -2.28. The number of ether oxygens (including phenoxy) is 1. The predicted octanol–water partition coefficient (Wildman–Crippen LogP) is 2.52. The van der Waals surface area contributed by atoms with Crippen LogP contribution >= 0.6 is 0 Å². The van der Waals surface area contributed by atoms with Gasteiger partial charge in [-0.2, -0.15) is 0 Å². The van der Waals surface area contributed by atoms with Gasteiger partial charge in [-0.05, 0) is 56.4 Å². The molecule has 3 rings (SSSR count). The highest BCUT2D eigenvalue weighted by Gasteiger charge is 2.39. The van der Waals surface area contributed by atoms with Gasteiger partial charge in [0.25, 0.3) is 0 Å². The number of carbonyl (C=O) groups is 1. The molecule has 1 amide bonds. The van der Waals surface area contributed by atoms with Gasteiger partial charge >= 0.3 is 0 Å². The molecule has 0 aromatic heterocycles. The molecule has 0 spiro atoms. The van der Waals surface area contributed by atoms with Crippen molar-refractivity contribution in [3.63, 3.8) is 0 Å². The van der Waals surface area contributed by atoms with Gasteiger partial charge in [-0.15, -0.1) is 0 Å². The van der Waals surface area contributed by atoms with Crippen LogP contribution in [0.4, 0.5) is 5.69 Å². The maximum absolute atomic E-state index is 11.9. The second kappa shape index (κ2) is 4.86. The fourth-order valence-electron chi connectivity index (χ4n) is 3.00. The van der Waals surface area contributed by atoms with Crippen LogP contribution in [0.25, 0.3) is 0 Å². The Bertz CT molecular complexity index is 533. The van der Waals surface area contributed by atoms with Crippen molar-refractivity contribution in [3.8, 4) is 0 Å². The molecule has 0 saturated carbocycles. The first kappa shape index (κ1) is 13.6. The molecule has 2 unspecified atom stereocenters. The Morgan fingerprint density at radius 1 is 1.40 bits per heavy atom. The van der Waals surface area contributed by atoms with E-state index < -0.39 is 11.5 Å². The molecule has 2 aliphatic heterocycles. The van der Waals surface area contributed by atoms with Crippen molar-refractivity contribution in [1.29, 1.82) is 0 Å². The summed E-state index contributed by atoms with van der Waals surface area (Å²) in [5.41, 5.74) is 2.09. The van der Waals surface area contributed by atoms with E-state index in [1.165, 1.54) is 0 Å². The third-order valence-electron chi connectivity index (χ3n) is 4.44. The average molecular weight is 275 g/mol. The summed E-state index contributed by atoms with van der Waals surface area (Å²) in [5, 5.41) is 13.4. The molecule has 0 aliphatic carbocycles. The minimum absolute atomic E-state index is 0.00746. The van der Waals surface area contributed by atoms with Crippen LogP contribution in [-0.4, -0.2) is 23.7 Å². The van der Waals surface area contributed by atoms with Gasteiger partial charge in [-0.25, -0.2) is 0 Å². The maximum Gasteiger partial charge on any atom is 0.234 e. The van der Waals surface area contributed by atoms with Gasteiger partial charge in [0, 0.05) is 12.3 Å². The normalized spacial score (nSPS) is 25.9. The zero-order valence-corrected chi connectivity index (χ0v) is 12.0. The van der Waals surface area contributed by atoms with Crippen LogP contribution < -0.4 is 5.32 Å². The second-order valence-electron chi connectivity index (χ2n) is 6.23. The molecule has 4 nitrogen and oxygen atoms in total. The number of anilines is 1. The summed E-state index contributed by atoms with van der Waals surface area (Å²) in [7, 11) is 0. The largest absolute Gasteiger partial charge is 0.386 e. The van der Waals surface area contributed by atoms with Crippen molar-refractivity contribution in [2.24, 2.45) is 0 Å². The first-order valence-electron chi connectivity index (χ1n) is 7.25. The highest BCUT2D eigenvalue weighted by molar-refractivity contribution is 6.05. The van der Waals surface area contributed by atoms with E-state index in [2.05, 4.69) is 5.32 Å². The predicted molar refractivity (Wildman–Crippen MR) is 76.6 cm³/mol. The van der Waals surface area contributed by atoms with E-state index in [1.807, 2.05) is 32.0 Å². The second-order valence-corrected chi connectivity index (χ2v) is 6.23. The van der Waals surface area contributed by atoms with E-state index in [1.54, 1.807) is 0 Å². The molecular formula is C16H21NO3. The number of rotatable bonds is 2. The molecule has 108 valence electrons. The molecule has 20 heavy (non-hydrogen) atoms. The van der Waals surface area contributed by atoms with E-state index in [4.69, 9.17) is 4.74 Å². The Labute approximate surface area is 119 Å². The van der Waals surface area contributed by atoms with Crippen molar-refractivity contribution in [3.05, 3.63) is 29.3 Å². The van der Waals surface area contributed by atoms with Crippen molar-refractivity contribution in [1.82, 2.24) is 0 Å². The van der Waals surface area contributed by atoms with Crippen molar-refractivity contribution < 1.29 is 14.6 Å².